The van der Waals surface area contributed by atoms with Crippen LogP contribution in [0.3, 0.4) is 0 Å². The van der Waals surface area contributed by atoms with Gasteiger partial charge in [0.15, 0.2) is 0 Å². The Morgan fingerprint density at radius 1 is 0.706 bits per heavy atom. The smallest absolute Gasteiger partial charge is 0.0832 e. The SMILES string of the molecule is Clc1cccc(N(c2ccccc2)c2ccc3c(c2)C2(CC4CCC2C4)c2ccccc2-3)c1Cl. The summed E-state index contributed by atoms with van der Waals surface area (Å²) in [6, 6.07) is 32.5. The minimum atomic E-state index is 0.144. The molecular formula is C31H25Cl2N. The van der Waals surface area contributed by atoms with E-state index in [-0.39, 0.29) is 5.41 Å². The summed E-state index contributed by atoms with van der Waals surface area (Å²) in [6.07, 6.45) is 5.36. The van der Waals surface area contributed by atoms with E-state index in [0.717, 1.165) is 28.9 Å². The molecule has 3 atom stereocenters. The van der Waals surface area contributed by atoms with E-state index in [4.69, 9.17) is 23.2 Å². The van der Waals surface area contributed by atoms with Crippen LogP contribution in [0.25, 0.3) is 11.1 Å². The van der Waals surface area contributed by atoms with Crippen LogP contribution in [-0.4, -0.2) is 0 Å². The number of fused-ring (bicyclic) bond motifs is 8. The molecule has 2 fully saturated rings. The minimum absolute atomic E-state index is 0.144. The van der Waals surface area contributed by atoms with Crippen molar-refractivity contribution in [1.82, 2.24) is 0 Å². The molecular weight excluding hydrogens is 457 g/mol. The molecule has 4 aromatic carbocycles. The van der Waals surface area contributed by atoms with Gasteiger partial charge in [0, 0.05) is 16.8 Å². The fourth-order valence-corrected chi connectivity index (χ4v) is 7.57. The average Bonchev–Trinajstić information content (AvgIpc) is 3.56. The lowest BCUT2D eigenvalue weighted by Gasteiger charge is -2.37. The zero-order valence-corrected chi connectivity index (χ0v) is 20.4. The molecule has 0 radical (unpaired) electrons. The third kappa shape index (κ3) is 2.81. The number of hydrogen-bond donors (Lipinski definition) is 0. The molecule has 4 aromatic rings. The van der Waals surface area contributed by atoms with Gasteiger partial charge in [-0.1, -0.05) is 84.2 Å². The predicted molar refractivity (Wildman–Crippen MR) is 143 cm³/mol. The molecule has 0 saturated heterocycles. The minimum Gasteiger partial charge on any atom is -0.309 e. The van der Waals surface area contributed by atoms with Crippen molar-refractivity contribution in [2.45, 2.75) is 31.1 Å². The molecule has 3 unspecified atom stereocenters. The number of anilines is 3. The second kappa shape index (κ2) is 7.63. The molecule has 1 spiro atoms. The topological polar surface area (TPSA) is 3.24 Å². The highest BCUT2D eigenvalue weighted by molar-refractivity contribution is 6.43. The van der Waals surface area contributed by atoms with Gasteiger partial charge in [0.25, 0.3) is 0 Å². The molecule has 1 nitrogen and oxygen atoms in total. The van der Waals surface area contributed by atoms with Crippen molar-refractivity contribution in [1.29, 1.82) is 0 Å². The van der Waals surface area contributed by atoms with Crippen LogP contribution >= 0.6 is 23.2 Å². The molecule has 0 amide bonds. The van der Waals surface area contributed by atoms with Gasteiger partial charge in [-0.2, -0.15) is 0 Å². The lowest BCUT2D eigenvalue weighted by Crippen LogP contribution is -2.32. The van der Waals surface area contributed by atoms with Crippen molar-refractivity contribution in [2.75, 3.05) is 4.90 Å². The number of benzene rings is 4. The summed E-state index contributed by atoms with van der Waals surface area (Å²) in [6.45, 7) is 0. The Kier molecular flexibility index (Phi) is 4.63. The molecule has 3 aliphatic carbocycles. The standard InChI is InChI=1S/C31H25Cl2N/c32-28-11-6-12-29(30(28)33)34(22-7-2-1-3-8-22)23-15-16-25-24-9-4-5-10-26(24)31(27(25)18-23)19-20-13-14-21(31)17-20/h1-12,15-16,18,20-21H,13-14,17,19H2. The summed E-state index contributed by atoms with van der Waals surface area (Å²) in [5.74, 6) is 1.58. The zero-order chi connectivity index (χ0) is 22.9. The van der Waals surface area contributed by atoms with E-state index in [9.17, 15) is 0 Å². The molecule has 0 aliphatic heterocycles. The molecule has 3 heteroatoms. The maximum atomic E-state index is 6.78. The van der Waals surface area contributed by atoms with Crippen LogP contribution < -0.4 is 4.90 Å². The Labute approximate surface area is 211 Å². The van der Waals surface area contributed by atoms with Gasteiger partial charge in [0.2, 0.25) is 0 Å². The largest absolute Gasteiger partial charge is 0.309 e. The number of para-hydroxylation sites is 1. The van der Waals surface area contributed by atoms with Crippen LogP contribution in [0.1, 0.15) is 36.8 Å². The first kappa shape index (κ1) is 20.6. The van der Waals surface area contributed by atoms with Gasteiger partial charge >= 0.3 is 0 Å². The molecule has 7 rings (SSSR count). The third-order valence-electron chi connectivity index (χ3n) is 8.48. The van der Waals surface area contributed by atoms with Gasteiger partial charge in [-0.25, -0.2) is 0 Å². The number of halogens is 2. The number of hydrogen-bond acceptors (Lipinski definition) is 1. The van der Waals surface area contributed by atoms with Gasteiger partial charge in [-0.05, 0) is 89.8 Å². The second-order valence-corrected chi connectivity index (χ2v) is 10.9. The summed E-state index contributed by atoms with van der Waals surface area (Å²) in [5.41, 5.74) is 9.11. The van der Waals surface area contributed by atoms with Crippen LogP contribution in [0.15, 0.2) is 91.0 Å². The van der Waals surface area contributed by atoms with Crippen LogP contribution in [-0.2, 0) is 5.41 Å². The molecule has 3 aliphatic rings. The first-order valence-corrected chi connectivity index (χ1v) is 13.0. The summed E-state index contributed by atoms with van der Waals surface area (Å²) < 4.78 is 0. The molecule has 2 bridgehead atoms. The van der Waals surface area contributed by atoms with E-state index in [1.807, 2.05) is 18.2 Å². The van der Waals surface area contributed by atoms with Gasteiger partial charge in [0.05, 0.1) is 15.7 Å². The Morgan fingerprint density at radius 3 is 2.29 bits per heavy atom. The van der Waals surface area contributed by atoms with E-state index in [1.54, 1.807) is 5.56 Å². The summed E-state index contributed by atoms with van der Waals surface area (Å²) in [4.78, 5) is 2.25. The Morgan fingerprint density at radius 2 is 1.50 bits per heavy atom. The van der Waals surface area contributed by atoms with E-state index in [2.05, 4.69) is 77.7 Å². The average molecular weight is 482 g/mol. The Balaban J connectivity index is 1.46. The molecule has 0 N–H and O–H groups in total. The fourth-order valence-electron chi connectivity index (χ4n) is 7.19. The van der Waals surface area contributed by atoms with Gasteiger partial charge in [-0.3, -0.25) is 0 Å². The van der Waals surface area contributed by atoms with Crippen LogP contribution in [0, 0.1) is 11.8 Å². The highest BCUT2D eigenvalue weighted by Gasteiger charge is 2.56. The molecule has 34 heavy (non-hydrogen) atoms. The number of nitrogens with zero attached hydrogens (tertiary/aromatic N) is 1. The van der Waals surface area contributed by atoms with E-state index in [0.29, 0.717) is 10.0 Å². The summed E-state index contributed by atoms with van der Waals surface area (Å²) in [5, 5.41) is 1.14. The highest BCUT2D eigenvalue weighted by Crippen LogP contribution is 2.66. The summed E-state index contributed by atoms with van der Waals surface area (Å²) >= 11 is 13.2. The van der Waals surface area contributed by atoms with E-state index >= 15 is 0 Å². The predicted octanol–water partition coefficient (Wildman–Crippen LogP) is 9.55. The van der Waals surface area contributed by atoms with Crippen LogP contribution in [0.4, 0.5) is 17.1 Å². The summed E-state index contributed by atoms with van der Waals surface area (Å²) in [7, 11) is 0. The van der Waals surface area contributed by atoms with E-state index in [1.165, 1.54) is 42.4 Å². The van der Waals surface area contributed by atoms with Crippen molar-refractivity contribution >= 4 is 40.3 Å². The second-order valence-electron chi connectivity index (χ2n) is 10.1. The van der Waals surface area contributed by atoms with Crippen molar-refractivity contribution < 1.29 is 0 Å². The molecule has 168 valence electrons. The normalized spacial score (nSPS) is 23.8. The van der Waals surface area contributed by atoms with Crippen molar-refractivity contribution in [3.63, 3.8) is 0 Å². The van der Waals surface area contributed by atoms with Gasteiger partial charge in [0.1, 0.15) is 0 Å². The maximum Gasteiger partial charge on any atom is 0.0832 e. The lowest BCUT2D eigenvalue weighted by atomic mass is 9.67. The van der Waals surface area contributed by atoms with Crippen molar-refractivity contribution in [3.05, 3.63) is 112 Å². The molecule has 2 saturated carbocycles. The maximum absolute atomic E-state index is 6.78. The number of rotatable bonds is 3. The van der Waals surface area contributed by atoms with Crippen molar-refractivity contribution in [2.24, 2.45) is 11.8 Å². The lowest BCUT2D eigenvalue weighted by molar-refractivity contribution is 0.327. The highest BCUT2D eigenvalue weighted by atomic mass is 35.5. The zero-order valence-electron chi connectivity index (χ0n) is 18.8. The van der Waals surface area contributed by atoms with Gasteiger partial charge in [-0.15, -0.1) is 0 Å². The quantitative estimate of drug-likeness (QED) is 0.281. The van der Waals surface area contributed by atoms with Crippen molar-refractivity contribution in [3.8, 4) is 11.1 Å². The monoisotopic (exact) mass is 481 g/mol. The van der Waals surface area contributed by atoms with E-state index < -0.39 is 0 Å². The van der Waals surface area contributed by atoms with Gasteiger partial charge < -0.3 is 4.90 Å². The third-order valence-corrected chi connectivity index (χ3v) is 9.28. The molecule has 0 aromatic heterocycles. The molecule has 0 heterocycles. The fraction of sp³-hybridized carbons (Fsp3) is 0.226. The van der Waals surface area contributed by atoms with Crippen LogP contribution in [0.2, 0.25) is 10.0 Å². The van der Waals surface area contributed by atoms with Crippen LogP contribution in [0.5, 0.6) is 0 Å². The Bertz CT molecular complexity index is 1410. The Hall–Kier alpha value is -2.74. The first-order chi connectivity index (χ1) is 16.7. The first-order valence-electron chi connectivity index (χ1n) is 12.2.